The van der Waals surface area contributed by atoms with Gasteiger partial charge in [-0.05, 0) is 25.8 Å². The van der Waals surface area contributed by atoms with Crippen molar-refractivity contribution in [2.24, 2.45) is 0 Å². The van der Waals surface area contributed by atoms with Gasteiger partial charge in [-0.15, -0.1) is 13.2 Å². The molecule has 2 aliphatic rings. The number of carbonyl (C=O) groups is 1. The van der Waals surface area contributed by atoms with Gasteiger partial charge in [-0.1, -0.05) is 0 Å². The van der Waals surface area contributed by atoms with E-state index >= 15 is 4.39 Å². The second-order valence-electron chi connectivity index (χ2n) is 7.60. The Labute approximate surface area is 167 Å². The topological polar surface area (TPSA) is 83.8 Å². The number of fused-ring (bicyclic) bond motifs is 1. The van der Waals surface area contributed by atoms with Gasteiger partial charge >= 0.3 is 12.3 Å². The number of halogens is 4. The Morgan fingerprint density at radius 2 is 2.03 bits per heavy atom. The van der Waals surface area contributed by atoms with Crippen LogP contribution in [0.3, 0.4) is 0 Å². The maximum atomic E-state index is 15.1. The molecule has 7 nitrogen and oxygen atoms in total. The summed E-state index contributed by atoms with van der Waals surface area (Å²) in [6.45, 7) is 2.71. The number of rotatable bonds is 4. The smallest absolute Gasteiger partial charge is 0.477 e. The van der Waals surface area contributed by atoms with Gasteiger partial charge in [-0.2, -0.15) is 0 Å². The molecule has 1 saturated carbocycles. The van der Waals surface area contributed by atoms with Crippen LogP contribution in [0.1, 0.15) is 36.2 Å². The molecule has 0 radical (unpaired) electrons. The van der Waals surface area contributed by atoms with Crippen molar-refractivity contribution >= 4 is 22.6 Å². The Kier molecular flexibility index (Phi) is 4.88. The lowest BCUT2D eigenvalue weighted by Gasteiger charge is -2.35. The van der Waals surface area contributed by atoms with Crippen LogP contribution in [0, 0.1) is 5.82 Å². The maximum absolute atomic E-state index is 15.1. The van der Waals surface area contributed by atoms with Crippen molar-refractivity contribution in [1.82, 2.24) is 9.88 Å². The fourth-order valence-electron chi connectivity index (χ4n) is 3.88. The zero-order chi connectivity index (χ0) is 21.8. The minimum atomic E-state index is -5.13. The molecule has 2 aromatic rings. The molecular weight excluding hydrogens is 410 g/mol. The number of alkyl halides is 3. The van der Waals surface area contributed by atoms with Crippen molar-refractivity contribution in [1.29, 1.82) is 0 Å². The largest absolute Gasteiger partial charge is 0.573 e. The number of hydrogen-bond donors (Lipinski definition) is 2. The van der Waals surface area contributed by atoms with Crippen LogP contribution < -0.4 is 20.4 Å². The minimum absolute atomic E-state index is 0.104. The summed E-state index contributed by atoms with van der Waals surface area (Å²) >= 11 is 0. The summed E-state index contributed by atoms with van der Waals surface area (Å²) in [7, 11) is 0. The SMILES string of the molecule is C[C@H]1CN(c2c(F)cc3c(=O)c(C(=O)O)cn(C4CC4)c3c2OC(F)(F)F)CCN1. The third-order valence-corrected chi connectivity index (χ3v) is 5.27. The van der Waals surface area contributed by atoms with Crippen molar-refractivity contribution in [2.45, 2.75) is 38.2 Å². The van der Waals surface area contributed by atoms with Gasteiger partial charge in [-0.25, -0.2) is 9.18 Å². The molecule has 2 heterocycles. The second kappa shape index (κ2) is 7.15. The van der Waals surface area contributed by atoms with E-state index in [-0.39, 0.29) is 36.4 Å². The summed E-state index contributed by atoms with van der Waals surface area (Å²) in [6.07, 6.45) is -2.92. The van der Waals surface area contributed by atoms with Crippen LogP contribution in [-0.4, -0.2) is 47.7 Å². The van der Waals surface area contributed by atoms with E-state index in [2.05, 4.69) is 10.1 Å². The Hall–Kier alpha value is -2.82. The molecule has 0 spiro atoms. The summed E-state index contributed by atoms with van der Waals surface area (Å²) in [5.41, 5.74) is -2.31. The number of nitrogens with one attached hydrogen (secondary N) is 1. The summed E-state index contributed by atoms with van der Waals surface area (Å²) in [5, 5.41) is 12.0. The molecule has 4 rings (SSSR count). The first-order valence-electron chi connectivity index (χ1n) is 9.45. The molecular formula is C19H19F4N3O4. The quantitative estimate of drug-likeness (QED) is 0.728. The van der Waals surface area contributed by atoms with Gasteiger partial charge in [0.2, 0.25) is 5.43 Å². The number of hydrogen-bond acceptors (Lipinski definition) is 5. The van der Waals surface area contributed by atoms with Crippen LogP contribution in [0.15, 0.2) is 17.1 Å². The molecule has 1 aliphatic heterocycles. The van der Waals surface area contributed by atoms with Crippen LogP contribution in [0.25, 0.3) is 10.9 Å². The molecule has 30 heavy (non-hydrogen) atoms. The van der Waals surface area contributed by atoms with E-state index in [4.69, 9.17) is 0 Å². The number of nitrogens with zero attached hydrogens (tertiary/aromatic N) is 2. The number of pyridine rings is 1. The Morgan fingerprint density at radius 3 is 2.60 bits per heavy atom. The van der Waals surface area contributed by atoms with Gasteiger partial charge in [0.05, 0.1) is 10.9 Å². The van der Waals surface area contributed by atoms with Crippen molar-refractivity contribution < 1.29 is 32.2 Å². The minimum Gasteiger partial charge on any atom is -0.477 e. The number of aromatic nitrogens is 1. The predicted octanol–water partition coefficient (Wildman–Crippen LogP) is 2.87. The first kappa shape index (κ1) is 20.5. The molecule has 1 atom stereocenters. The van der Waals surface area contributed by atoms with Crippen LogP contribution in [0.2, 0.25) is 0 Å². The third-order valence-electron chi connectivity index (χ3n) is 5.27. The third kappa shape index (κ3) is 3.69. The van der Waals surface area contributed by atoms with E-state index in [9.17, 15) is 27.9 Å². The number of piperazine rings is 1. The molecule has 0 amide bonds. The first-order valence-corrected chi connectivity index (χ1v) is 9.45. The highest BCUT2D eigenvalue weighted by Crippen LogP contribution is 2.45. The number of aromatic carboxylic acids is 1. The highest BCUT2D eigenvalue weighted by molar-refractivity contribution is 5.97. The van der Waals surface area contributed by atoms with Gasteiger partial charge in [0.25, 0.3) is 0 Å². The lowest BCUT2D eigenvalue weighted by atomic mass is 10.1. The van der Waals surface area contributed by atoms with Crippen LogP contribution >= 0.6 is 0 Å². The number of carboxylic acid groups (broad SMARTS) is 1. The number of anilines is 1. The average Bonchev–Trinajstić information content (AvgIpc) is 3.46. The van der Waals surface area contributed by atoms with Crippen molar-refractivity contribution in [3.05, 3.63) is 33.9 Å². The number of carboxylic acids is 1. The number of ether oxygens (including phenoxy) is 1. The zero-order valence-corrected chi connectivity index (χ0v) is 15.9. The van der Waals surface area contributed by atoms with Crippen LogP contribution in [-0.2, 0) is 0 Å². The Balaban J connectivity index is 2.07. The maximum Gasteiger partial charge on any atom is 0.573 e. The summed E-state index contributed by atoms with van der Waals surface area (Å²) in [4.78, 5) is 25.6. The molecule has 0 unspecified atom stereocenters. The molecule has 2 N–H and O–H groups in total. The monoisotopic (exact) mass is 429 g/mol. The van der Waals surface area contributed by atoms with Crippen molar-refractivity contribution in [3.8, 4) is 5.75 Å². The van der Waals surface area contributed by atoms with E-state index in [0.29, 0.717) is 19.4 Å². The van der Waals surface area contributed by atoms with Crippen molar-refractivity contribution in [2.75, 3.05) is 24.5 Å². The Bertz CT molecular complexity index is 1080. The number of benzene rings is 1. The van der Waals surface area contributed by atoms with Gasteiger partial charge in [-0.3, -0.25) is 4.79 Å². The average molecular weight is 429 g/mol. The van der Waals surface area contributed by atoms with E-state index < -0.39 is 40.3 Å². The molecule has 1 saturated heterocycles. The lowest BCUT2D eigenvalue weighted by molar-refractivity contribution is -0.274. The van der Waals surface area contributed by atoms with E-state index in [0.717, 1.165) is 12.3 Å². The van der Waals surface area contributed by atoms with Crippen LogP contribution in [0.5, 0.6) is 5.75 Å². The fourth-order valence-corrected chi connectivity index (χ4v) is 3.88. The highest BCUT2D eigenvalue weighted by Gasteiger charge is 2.38. The van der Waals surface area contributed by atoms with E-state index in [1.807, 2.05) is 6.92 Å². The zero-order valence-electron chi connectivity index (χ0n) is 15.9. The molecule has 1 aromatic carbocycles. The molecule has 1 aromatic heterocycles. The van der Waals surface area contributed by atoms with E-state index in [1.54, 1.807) is 0 Å². The predicted molar refractivity (Wildman–Crippen MR) is 99.8 cm³/mol. The highest BCUT2D eigenvalue weighted by atomic mass is 19.4. The Morgan fingerprint density at radius 1 is 1.33 bits per heavy atom. The van der Waals surface area contributed by atoms with Gasteiger partial charge in [0.15, 0.2) is 11.6 Å². The fraction of sp³-hybridized carbons (Fsp3) is 0.474. The molecule has 11 heteroatoms. The van der Waals surface area contributed by atoms with Crippen molar-refractivity contribution in [3.63, 3.8) is 0 Å². The first-order chi connectivity index (χ1) is 14.1. The molecule has 0 bridgehead atoms. The summed E-state index contributed by atoms with van der Waals surface area (Å²) < 4.78 is 60.7. The molecule has 1 aliphatic carbocycles. The van der Waals surface area contributed by atoms with E-state index in [1.165, 1.54) is 9.47 Å². The molecule has 162 valence electrons. The normalized spacial score (nSPS) is 19.9. The second-order valence-corrected chi connectivity index (χ2v) is 7.60. The van der Waals surface area contributed by atoms with Gasteiger partial charge < -0.3 is 24.6 Å². The molecule has 2 fully saturated rings. The lowest BCUT2D eigenvalue weighted by Crippen LogP contribution is -2.49. The summed E-state index contributed by atoms with van der Waals surface area (Å²) in [6, 6.07) is 0.420. The van der Waals surface area contributed by atoms with Gasteiger partial charge in [0.1, 0.15) is 11.3 Å². The van der Waals surface area contributed by atoms with Gasteiger partial charge in [0, 0.05) is 37.9 Å². The standard InChI is InChI=1S/C19H19F4N3O4/c1-9-7-25(5-4-24-9)15-13(20)6-11-14(17(15)30-19(21,22)23)26(10-2-3-10)8-12(16(11)27)18(28)29/h6,8-10,24H,2-5,7H2,1H3,(H,28,29)/t9-/m0/s1. The summed E-state index contributed by atoms with van der Waals surface area (Å²) in [5.74, 6) is -3.42. The van der Waals surface area contributed by atoms with Crippen LogP contribution in [0.4, 0.5) is 23.2 Å².